The third-order valence-electron chi connectivity index (χ3n) is 3.05. The summed E-state index contributed by atoms with van der Waals surface area (Å²) in [7, 11) is 0. The largest absolute Gasteiger partial charge is 0.352 e. The monoisotopic (exact) mass is 245 g/mol. The average Bonchev–Trinajstić information content (AvgIpc) is 2.40. The van der Waals surface area contributed by atoms with E-state index in [4.69, 9.17) is 0 Å². The minimum atomic E-state index is -0.0185. The third-order valence-corrected chi connectivity index (χ3v) is 3.05. The van der Waals surface area contributed by atoms with Crippen LogP contribution in [0.3, 0.4) is 0 Å². The Morgan fingerprint density at radius 3 is 3.17 bits per heavy atom. The molecular formula is C14H19N3O. The number of pyridine rings is 1. The van der Waals surface area contributed by atoms with Crippen molar-refractivity contribution in [2.75, 3.05) is 19.6 Å². The number of hydrogen-bond donors (Lipinski definition) is 2. The van der Waals surface area contributed by atoms with Gasteiger partial charge in [0.1, 0.15) is 0 Å². The Kier molecular flexibility index (Phi) is 4.47. The Morgan fingerprint density at radius 2 is 2.44 bits per heavy atom. The van der Waals surface area contributed by atoms with E-state index >= 15 is 0 Å². The number of nitrogens with one attached hydrogen (secondary N) is 2. The van der Waals surface area contributed by atoms with Gasteiger partial charge in [0.25, 0.3) is 5.91 Å². The van der Waals surface area contributed by atoms with Crippen molar-refractivity contribution in [3.05, 3.63) is 41.2 Å². The van der Waals surface area contributed by atoms with E-state index in [0.717, 1.165) is 31.6 Å². The number of amides is 1. The van der Waals surface area contributed by atoms with Crippen LogP contribution < -0.4 is 10.6 Å². The summed E-state index contributed by atoms with van der Waals surface area (Å²) in [6, 6.07) is 3.55. The molecule has 0 aliphatic carbocycles. The van der Waals surface area contributed by atoms with E-state index in [0.29, 0.717) is 12.1 Å². The minimum absolute atomic E-state index is 0.0185. The molecule has 0 unspecified atom stereocenters. The summed E-state index contributed by atoms with van der Waals surface area (Å²) >= 11 is 0. The van der Waals surface area contributed by atoms with Crippen molar-refractivity contribution >= 4 is 5.91 Å². The molecule has 1 aliphatic rings. The molecule has 0 saturated carbocycles. The fourth-order valence-corrected chi connectivity index (χ4v) is 2.02. The molecule has 18 heavy (non-hydrogen) atoms. The molecular weight excluding hydrogens is 226 g/mol. The summed E-state index contributed by atoms with van der Waals surface area (Å²) < 4.78 is 0. The summed E-state index contributed by atoms with van der Waals surface area (Å²) in [5, 5.41) is 6.22. The van der Waals surface area contributed by atoms with Crippen LogP contribution in [0.2, 0.25) is 0 Å². The quantitative estimate of drug-likeness (QED) is 0.789. The number of carbonyl (C=O) groups excluding carboxylic acids is 1. The number of carbonyl (C=O) groups is 1. The predicted molar refractivity (Wildman–Crippen MR) is 71.5 cm³/mol. The molecule has 1 amide bonds. The summed E-state index contributed by atoms with van der Waals surface area (Å²) in [6.07, 6.45) is 5.91. The van der Waals surface area contributed by atoms with Gasteiger partial charge in [0.15, 0.2) is 0 Å². The molecule has 0 fully saturated rings. The van der Waals surface area contributed by atoms with E-state index in [9.17, 15) is 4.79 Å². The van der Waals surface area contributed by atoms with Gasteiger partial charge < -0.3 is 10.6 Å². The van der Waals surface area contributed by atoms with Crippen LogP contribution in [0.25, 0.3) is 0 Å². The fourth-order valence-electron chi connectivity index (χ4n) is 2.02. The van der Waals surface area contributed by atoms with Gasteiger partial charge in [-0.2, -0.15) is 0 Å². The van der Waals surface area contributed by atoms with Crippen LogP contribution in [0.1, 0.15) is 28.9 Å². The number of hydrogen-bond acceptors (Lipinski definition) is 3. The Balaban J connectivity index is 1.79. The first-order chi connectivity index (χ1) is 8.75. The summed E-state index contributed by atoms with van der Waals surface area (Å²) in [5.41, 5.74) is 2.98. The molecule has 2 N–H and O–H groups in total. The van der Waals surface area contributed by atoms with Gasteiger partial charge in [-0.15, -0.1) is 0 Å². The molecule has 0 spiro atoms. The lowest BCUT2D eigenvalue weighted by molar-refractivity contribution is 0.0954. The smallest absolute Gasteiger partial charge is 0.251 e. The zero-order valence-electron chi connectivity index (χ0n) is 10.7. The number of nitrogens with zero attached hydrogens (tertiary/aromatic N) is 1. The van der Waals surface area contributed by atoms with Crippen molar-refractivity contribution in [2.24, 2.45) is 0 Å². The van der Waals surface area contributed by atoms with E-state index in [-0.39, 0.29) is 5.91 Å². The van der Waals surface area contributed by atoms with Gasteiger partial charge in [0, 0.05) is 30.5 Å². The predicted octanol–water partition coefficient (Wildman–Crippen LogP) is 1.43. The van der Waals surface area contributed by atoms with Gasteiger partial charge in [-0.1, -0.05) is 11.6 Å². The highest BCUT2D eigenvalue weighted by atomic mass is 16.1. The standard InChI is InChI=1S/C14H19N3O/c1-11-10-13(5-9-16-11)14(18)17-8-4-12-2-6-15-7-3-12/h2,5,9-10,15H,3-4,6-8H2,1H3,(H,17,18). The fraction of sp³-hybridized carbons (Fsp3) is 0.429. The molecule has 1 aromatic rings. The Bertz CT molecular complexity index is 454. The van der Waals surface area contributed by atoms with Gasteiger partial charge in [0.2, 0.25) is 0 Å². The Morgan fingerprint density at radius 1 is 1.56 bits per heavy atom. The van der Waals surface area contributed by atoms with Gasteiger partial charge >= 0.3 is 0 Å². The Hall–Kier alpha value is -1.68. The molecule has 0 radical (unpaired) electrons. The van der Waals surface area contributed by atoms with Crippen LogP contribution in [0.4, 0.5) is 0 Å². The first-order valence-corrected chi connectivity index (χ1v) is 6.35. The minimum Gasteiger partial charge on any atom is -0.352 e. The molecule has 96 valence electrons. The third kappa shape index (κ3) is 3.67. The summed E-state index contributed by atoms with van der Waals surface area (Å²) in [5.74, 6) is -0.0185. The zero-order chi connectivity index (χ0) is 12.8. The summed E-state index contributed by atoms with van der Waals surface area (Å²) in [6.45, 7) is 4.58. The first-order valence-electron chi connectivity index (χ1n) is 6.35. The normalized spacial score (nSPS) is 15.1. The van der Waals surface area contributed by atoms with E-state index < -0.39 is 0 Å². The van der Waals surface area contributed by atoms with Crippen molar-refractivity contribution in [1.29, 1.82) is 0 Å². The molecule has 1 aromatic heterocycles. The van der Waals surface area contributed by atoms with E-state index in [2.05, 4.69) is 21.7 Å². The molecule has 0 bridgehead atoms. The number of rotatable bonds is 4. The van der Waals surface area contributed by atoms with Crippen LogP contribution >= 0.6 is 0 Å². The summed E-state index contributed by atoms with van der Waals surface area (Å²) in [4.78, 5) is 15.9. The molecule has 4 heteroatoms. The molecule has 0 aromatic carbocycles. The molecule has 4 nitrogen and oxygen atoms in total. The van der Waals surface area contributed by atoms with Gasteiger partial charge in [-0.3, -0.25) is 9.78 Å². The van der Waals surface area contributed by atoms with Crippen molar-refractivity contribution in [2.45, 2.75) is 19.8 Å². The number of aryl methyl sites for hydroxylation is 1. The van der Waals surface area contributed by atoms with E-state index in [1.165, 1.54) is 5.57 Å². The SMILES string of the molecule is Cc1cc(C(=O)NCCC2=CCNCC2)ccn1. The lowest BCUT2D eigenvalue weighted by Gasteiger charge is -2.14. The zero-order valence-corrected chi connectivity index (χ0v) is 10.7. The van der Waals surface area contributed by atoms with Crippen molar-refractivity contribution in [3.63, 3.8) is 0 Å². The molecule has 2 rings (SSSR count). The highest BCUT2D eigenvalue weighted by Crippen LogP contribution is 2.08. The van der Waals surface area contributed by atoms with Crippen LogP contribution in [0.15, 0.2) is 30.0 Å². The highest BCUT2D eigenvalue weighted by Gasteiger charge is 2.06. The second-order valence-electron chi connectivity index (χ2n) is 4.51. The van der Waals surface area contributed by atoms with Crippen LogP contribution in [-0.4, -0.2) is 30.5 Å². The maximum Gasteiger partial charge on any atom is 0.251 e. The Labute approximate surface area is 108 Å². The lowest BCUT2D eigenvalue weighted by Crippen LogP contribution is -2.26. The second-order valence-corrected chi connectivity index (χ2v) is 4.51. The molecule has 1 aliphatic heterocycles. The lowest BCUT2D eigenvalue weighted by atomic mass is 10.1. The number of aromatic nitrogens is 1. The second kappa shape index (κ2) is 6.31. The van der Waals surface area contributed by atoms with Gasteiger partial charge in [0.05, 0.1) is 0 Å². The average molecular weight is 245 g/mol. The molecule has 0 atom stereocenters. The highest BCUT2D eigenvalue weighted by molar-refractivity contribution is 5.94. The van der Waals surface area contributed by atoms with Crippen molar-refractivity contribution in [3.8, 4) is 0 Å². The van der Waals surface area contributed by atoms with Crippen molar-refractivity contribution in [1.82, 2.24) is 15.6 Å². The first kappa shape index (κ1) is 12.8. The van der Waals surface area contributed by atoms with Gasteiger partial charge in [-0.05, 0) is 38.4 Å². The van der Waals surface area contributed by atoms with Crippen LogP contribution in [0.5, 0.6) is 0 Å². The molecule has 2 heterocycles. The van der Waals surface area contributed by atoms with Crippen LogP contribution in [-0.2, 0) is 0 Å². The van der Waals surface area contributed by atoms with Crippen molar-refractivity contribution < 1.29 is 4.79 Å². The van der Waals surface area contributed by atoms with Crippen LogP contribution in [0, 0.1) is 6.92 Å². The maximum absolute atomic E-state index is 11.9. The maximum atomic E-state index is 11.9. The molecule has 0 saturated heterocycles. The van der Waals surface area contributed by atoms with E-state index in [1.54, 1.807) is 18.3 Å². The topological polar surface area (TPSA) is 54.0 Å². The van der Waals surface area contributed by atoms with Gasteiger partial charge in [-0.25, -0.2) is 0 Å². The van der Waals surface area contributed by atoms with E-state index in [1.807, 2.05) is 6.92 Å².